The minimum atomic E-state index is -3.55. The molecule has 152 valence electrons. The monoisotopic (exact) mass is 423 g/mol. The summed E-state index contributed by atoms with van der Waals surface area (Å²) in [4.78, 5) is 14.8. The number of nitrogen functional groups attached to an aromatic ring is 1. The van der Waals surface area contributed by atoms with Crippen LogP contribution in [0.5, 0.6) is 0 Å². The Morgan fingerprint density at radius 2 is 1.86 bits per heavy atom. The molecule has 1 fully saturated rings. The van der Waals surface area contributed by atoms with Crippen LogP contribution in [0.3, 0.4) is 0 Å². The van der Waals surface area contributed by atoms with Gasteiger partial charge in [0.15, 0.2) is 0 Å². The van der Waals surface area contributed by atoms with E-state index in [9.17, 15) is 13.2 Å². The Labute approximate surface area is 172 Å². The first-order valence-corrected chi connectivity index (χ1v) is 10.6. The molecule has 0 spiro atoms. The number of amides is 1. The summed E-state index contributed by atoms with van der Waals surface area (Å²) >= 11 is 0. The second-order valence-corrected chi connectivity index (χ2v) is 8.78. The van der Waals surface area contributed by atoms with Gasteiger partial charge in [0.2, 0.25) is 10.0 Å². The number of sulfonamides is 1. The lowest BCUT2D eigenvalue weighted by atomic mass is 9.97. The van der Waals surface area contributed by atoms with Crippen LogP contribution in [0.1, 0.15) is 28.8 Å². The van der Waals surface area contributed by atoms with Crippen LogP contribution >= 0.6 is 12.4 Å². The SMILES string of the molecule is Cc1ccc(S(=O)(=O)NCC2CCCN(C(=O)c3ccccc3N)C2)cc1.Cl. The van der Waals surface area contributed by atoms with Crippen LogP contribution in [-0.2, 0) is 10.0 Å². The minimum absolute atomic E-state index is 0. The summed E-state index contributed by atoms with van der Waals surface area (Å²) in [5.41, 5.74) is 7.89. The molecule has 3 N–H and O–H groups in total. The summed E-state index contributed by atoms with van der Waals surface area (Å²) < 4.78 is 27.6. The van der Waals surface area contributed by atoms with E-state index in [1.165, 1.54) is 0 Å². The second-order valence-electron chi connectivity index (χ2n) is 7.01. The highest BCUT2D eigenvalue weighted by Gasteiger charge is 2.26. The van der Waals surface area contributed by atoms with Crippen molar-refractivity contribution in [3.8, 4) is 0 Å². The average Bonchev–Trinajstić information content (AvgIpc) is 2.67. The lowest BCUT2D eigenvalue weighted by molar-refractivity contribution is 0.0677. The molecule has 0 aromatic heterocycles. The fraction of sp³-hybridized carbons (Fsp3) is 0.350. The summed E-state index contributed by atoms with van der Waals surface area (Å²) in [6.07, 6.45) is 1.72. The first kappa shape index (κ1) is 22.2. The predicted molar refractivity (Wildman–Crippen MR) is 113 cm³/mol. The molecule has 1 atom stereocenters. The van der Waals surface area contributed by atoms with Crippen molar-refractivity contribution in [1.82, 2.24) is 9.62 Å². The van der Waals surface area contributed by atoms with Crippen LogP contribution in [0, 0.1) is 12.8 Å². The summed E-state index contributed by atoms with van der Waals surface area (Å²) in [7, 11) is -3.55. The fourth-order valence-corrected chi connectivity index (χ4v) is 4.42. The van der Waals surface area contributed by atoms with Gasteiger partial charge in [-0.25, -0.2) is 13.1 Å². The van der Waals surface area contributed by atoms with Crippen molar-refractivity contribution in [3.63, 3.8) is 0 Å². The van der Waals surface area contributed by atoms with Crippen molar-refractivity contribution < 1.29 is 13.2 Å². The molecule has 0 saturated carbocycles. The number of benzene rings is 2. The summed E-state index contributed by atoms with van der Waals surface area (Å²) in [6, 6.07) is 13.8. The lowest BCUT2D eigenvalue weighted by Gasteiger charge is -2.33. The number of hydrogen-bond acceptors (Lipinski definition) is 4. The number of nitrogens with one attached hydrogen (secondary N) is 1. The maximum Gasteiger partial charge on any atom is 0.255 e. The molecule has 2 aromatic carbocycles. The zero-order chi connectivity index (χ0) is 19.4. The highest BCUT2D eigenvalue weighted by atomic mass is 35.5. The van der Waals surface area contributed by atoms with Crippen molar-refractivity contribution >= 4 is 34.0 Å². The number of carbonyl (C=O) groups excluding carboxylic acids is 1. The Hall–Kier alpha value is -2.09. The van der Waals surface area contributed by atoms with E-state index < -0.39 is 10.0 Å². The number of halogens is 1. The number of piperidine rings is 1. The summed E-state index contributed by atoms with van der Waals surface area (Å²) in [5.74, 6) is -0.0212. The van der Waals surface area contributed by atoms with E-state index >= 15 is 0 Å². The third-order valence-electron chi connectivity index (χ3n) is 4.89. The number of hydrogen-bond donors (Lipinski definition) is 2. The molecule has 1 aliphatic heterocycles. The predicted octanol–water partition coefficient (Wildman–Crippen LogP) is 2.83. The zero-order valence-electron chi connectivity index (χ0n) is 15.8. The largest absolute Gasteiger partial charge is 0.398 e. The van der Waals surface area contributed by atoms with Gasteiger partial charge >= 0.3 is 0 Å². The van der Waals surface area contributed by atoms with E-state index in [1.807, 2.05) is 6.92 Å². The van der Waals surface area contributed by atoms with Crippen molar-refractivity contribution in [2.75, 3.05) is 25.4 Å². The topological polar surface area (TPSA) is 92.5 Å². The molecule has 1 saturated heterocycles. The molecule has 1 unspecified atom stereocenters. The van der Waals surface area contributed by atoms with Gasteiger partial charge in [-0.2, -0.15) is 0 Å². The molecule has 28 heavy (non-hydrogen) atoms. The number of carbonyl (C=O) groups is 1. The first-order valence-electron chi connectivity index (χ1n) is 9.07. The average molecular weight is 424 g/mol. The normalized spacial score (nSPS) is 17.0. The molecule has 1 amide bonds. The molecule has 1 heterocycles. The lowest BCUT2D eigenvalue weighted by Crippen LogP contribution is -2.43. The van der Waals surface area contributed by atoms with Crippen LogP contribution in [0.4, 0.5) is 5.69 Å². The fourth-order valence-electron chi connectivity index (χ4n) is 3.31. The van der Waals surface area contributed by atoms with Crippen LogP contribution < -0.4 is 10.5 Å². The Kier molecular flexibility index (Phi) is 7.46. The molecular formula is C20H26ClN3O3S. The Morgan fingerprint density at radius 1 is 1.18 bits per heavy atom. The Balaban J connectivity index is 0.00000280. The van der Waals surface area contributed by atoms with Gasteiger partial charge in [-0.05, 0) is 49.9 Å². The van der Waals surface area contributed by atoms with Crippen LogP contribution in [-0.4, -0.2) is 38.9 Å². The zero-order valence-corrected chi connectivity index (χ0v) is 17.4. The van der Waals surface area contributed by atoms with Gasteiger partial charge in [-0.1, -0.05) is 29.8 Å². The Morgan fingerprint density at radius 3 is 2.54 bits per heavy atom. The van der Waals surface area contributed by atoms with Gasteiger partial charge in [-0.15, -0.1) is 12.4 Å². The van der Waals surface area contributed by atoms with E-state index in [1.54, 1.807) is 53.4 Å². The Bertz CT molecular complexity index is 917. The second kappa shape index (κ2) is 9.41. The highest BCUT2D eigenvalue weighted by molar-refractivity contribution is 7.89. The van der Waals surface area contributed by atoms with E-state index in [0.717, 1.165) is 18.4 Å². The highest BCUT2D eigenvalue weighted by Crippen LogP contribution is 2.21. The number of likely N-dealkylation sites (tertiary alicyclic amines) is 1. The van der Waals surface area contributed by atoms with Gasteiger partial charge in [-0.3, -0.25) is 4.79 Å². The van der Waals surface area contributed by atoms with Crippen LogP contribution in [0.2, 0.25) is 0 Å². The number of para-hydroxylation sites is 1. The van der Waals surface area contributed by atoms with Gasteiger partial charge in [0.25, 0.3) is 5.91 Å². The van der Waals surface area contributed by atoms with Crippen molar-refractivity contribution in [2.45, 2.75) is 24.7 Å². The summed E-state index contributed by atoms with van der Waals surface area (Å²) in [6.45, 7) is 3.40. The molecule has 0 bridgehead atoms. The number of nitrogens with zero attached hydrogens (tertiary/aromatic N) is 1. The standard InChI is InChI=1S/C20H25N3O3S.ClH/c1-15-8-10-17(11-9-15)27(25,26)22-13-16-5-4-12-23(14-16)20(24)18-6-2-3-7-19(18)21;/h2-3,6-11,16,22H,4-5,12-14,21H2,1H3;1H. The number of anilines is 1. The molecule has 1 aliphatic rings. The molecule has 0 radical (unpaired) electrons. The number of nitrogens with two attached hydrogens (primary N) is 1. The maximum atomic E-state index is 12.7. The van der Waals surface area contributed by atoms with E-state index in [4.69, 9.17) is 5.73 Å². The smallest absolute Gasteiger partial charge is 0.255 e. The van der Waals surface area contributed by atoms with E-state index in [-0.39, 0.29) is 29.1 Å². The number of rotatable bonds is 5. The first-order chi connectivity index (χ1) is 12.9. The van der Waals surface area contributed by atoms with Crippen LogP contribution in [0.25, 0.3) is 0 Å². The van der Waals surface area contributed by atoms with E-state index in [2.05, 4.69) is 4.72 Å². The van der Waals surface area contributed by atoms with Gasteiger partial charge in [0, 0.05) is 25.3 Å². The van der Waals surface area contributed by atoms with Crippen molar-refractivity contribution in [1.29, 1.82) is 0 Å². The van der Waals surface area contributed by atoms with Gasteiger partial charge < -0.3 is 10.6 Å². The van der Waals surface area contributed by atoms with Crippen molar-refractivity contribution in [3.05, 3.63) is 59.7 Å². The minimum Gasteiger partial charge on any atom is -0.398 e. The third kappa shape index (κ3) is 5.25. The van der Waals surface area contributed by atoms with Gasteiger partial charge in [0.1, 0.15) is 0 Å². The quantitative estimate of drug-likeness (QED) is 0.723. The van der Waals surface area contributed by atoms with E-state index in [0.29, 0.717) is 30.9 Å². The van der Waals surface area contributed by atoms with Gasteiger partial charge in [0.05, 0.1) is 10.5 Å². The van der Waals surface area contributed by atoms with Crippen LogP contribution in [0.15, 0.2) is 53.4 Å². The molecule has 0 aliphatic carbocycles. The summed E-state index contributed by atoms with van der Waals surface area (Å²) in [5, 5.41) is 0. The molecule has 6 nitrogen and oxygen atoms in total. The maximum absolute atomic E-state index is 12.7. The van der Waals surface area contributed by atoms with Crippen molar-refractivity contribution in [2.24, 2.45) is 5.92 Å². The molecular weight excluding hydrogens is 398 g/mol. The molecule has 3 rings (SSSR count). The third-order valence-corrected chi connectivity index (χ3v) is 6.33. The molecule has 8 heteroatoms. The molecule has 2 aromatic rings. The number of aryl methyl sites for hydroxylation is 1.